The van der Waals surface area contributed by atoms with E-state index in [1.807, 2.05) is 37.3 Å². The van der Waals surface area contributed by atoms with Gasteiger partial charge < -0.3 is 4.90 Å². The predicted octanol–water partition coefficient (Wildman–Crippen LogP) is 1.36. The Morgan fingerprint density at radius 1 is 1.29 bits per heavy atom. The van der Waals surface area contributed by atoms with Gasteiger partial charge in [-0.05, 0) is 17.9 Å². The highest BCUT2D eigenvalue weighted by Gasteiger charge is 2.30. The quantitative estimate of drug-likeness (QED) is 0.827. The average molecular weight is 310 g/mol. The summed E-state index contributed by atoms with van der Waals surface area (Å²) in [4.78, 5) is 13.8. The zero-order valence-corrected chi connectivity index (χ0v) is 13.1. The van der Waals surface area contributed by atoms with Crippen molar-refractivity contribution in [3.05, 3.63) is 35.9 Å². The summed E-state index contributed by atoms with van der Waals surface area (Å²) >= 11 is 0. The Balaban J connectivity index is 1.85. The third kappa shape index (κ3) is 4.82. The number of nitrogens with one attached hydrogen (secondary N) is 1. The first-order valence-electron chi connectivity index (χ1n) is 7.29. The molecule has 116 valence electrons. The van der Waals surface area contributed by atoms with Gasteiger partial charge in [0.2, 0.25) is 15.9 Å². The molecule has 0 radical (unpaired) electrons. The predicted molar refractivity (Wildman–Crippen MR) is 82.0 cm³/mol. The number of rotatable bonds is 7. The van der Waals surface area contributed by atoms with Crippen LogP contribution in [0.15, 0.2) is 30.3 Å². The lowest BCUT2D eigenvalue weighted by Crippen LogP contribution is -2.32. The first kappa shape index (κ1) is 16.0. The molecule has 0 unspecified atom stereocenters. The van der Waals surface area contributed by atoms with Crippen molar-refractivity contribution in [3.63, 3.8) is 0 Å². The third-order valence-corrected chi connectivity index (χ3v) is 5.13. The van der Waals surface area contributed by atoms with Crippen molar-refractivity contribution in [3.8, 4) is 0 Å². The summed E-state index contributed by atoms with van der Waals surface area (Å²) in [7, 11) is -3.19. The van der Waals surface area contributed by atoms with Gasteiger partial charge in [-0.3, -0.25) is 4.79 Å². The molecule has 1 saturated heterocycles. The van der Waals surface area contributed by atoms with E-state index < -0.39 is 10.0 Å². The lowest BCUT2D eigenvalue weighted by atomic mass is 10.1. The van der Waals surface area contributed by atoms with Gasteiger partial charge in [0.25, 0.3) is 0 Å². The van der Waals surface area contributed by atoms with E-state index in [2.05, 4.69) is 4.72 Å². The Morgan fingerprint density at radius 2 is 2.00 bits per heavy atom. The number of likely N-dealkylation sites (tertiary alicyclic amines) is 1. The standard InChI is InChI=1S/C15H22N2O3S/c1-2-8-21(19,20)16-10-14-9-15(18)17(12-14)11-13-6-4-3-5-7-13/h3-7,14,16H,2,8-12H2,1H3/t14-/m0/s1. The molecule has 21 heavy (non-hydrogen) atoms. The second-order valence-corrected chi connectivity index (χ2v) is 7.42. The molecule has 1 atom stereocenters. The number of carbonyl (C=O) groups is 1. The summed E-state index contributed by atoms with van der Waals surface area (Å²) in [6.45, 7) is 3.39. The van der Waals surface area contributed by atoms with Gasteiger partial charge in [0.1, 0.15) is 0 Å². The number of nitrogens with zero attached hydrogens (tertiary/aromatic N) is 1. The van der Waals surface area contributed by atoms with Crippen molar-refractivity contribution in [2.75, 3.05) is 18.8 Å². The molecule has 0 spiro atoms. The number of hydrogen-bond donors (Lipinski definition) is 1. The molecule has 1 aliphatic rings. The number of benzene rings is 1. The topological polar surface area (TPSA) is 66.5 Å². The summed E-state index contributed by atoms with van der Waals surface area (Å²) in [6.07, 6.45) is 1.01. The van der Waals surface area contributed by atoms with Crippen LogP contribution in [-0.2, 0) is 21.4 Å². The second-order valence-electron chi connectivity index (χ2n) is 5.50. The lowest BCUT2D eigenvalue weighted by Gasteiger charge is -2.17. The van der Waals surface area contributed by atoms with Crippen molar-refractivity contribution >= 4 is 15.9 Å². The fourth-order valence-corrected chi connectivity index (χ4v) is 3.70. The molecule has 0 aromatic heterocycles. The minimum atomic E-state index is -3.19. The summed E-state index contributed by atoms with van der Waals surface area (Å²) in [6, 6.07) is 9.83. The van der Waals surface area contributed by atoms with Crippen LogP contribution < -0.4 is 4.72 Å². The summed E-state index contributed by atoms with van der Waals surface area (Å²) in [5.41, 5.74) is 1.10. The Morgan fingerprint density at radius 3 is 2.67 bits per heavy atom. The van der Waals surface area contributed by atoms with E-state index in [4.69, 9.17) is 0 Å². The van der Waals surface area contributed by atoms with Gasteiger partial charge in [-0.1, -0.05) is 37.3 Å². The van der Waals surface area contributed by atoms with Crippen LogP contribution in [0, 0.1) is 5.92 Å². The van der Waals surface area contributed by atoms with Crippen molar-refractivity contribution in [2.24, 2.45) is 5.92 Å². The van der Waals surface area contributed by atoms with Crippen LogP contribution >= 0.6 is 0 Å². The van der Waals surface area contributed by atoms with E-state index in [0.717, 1.165) is 5.56 Å². The number of amides is 1. The van der Waals surface area contributed by atoms with Crippen molar-refractivity contribution in [1.29, 1.82) is 0 Å². The summed E-state index contributed by atoms with van der Waals surface area (Å²) in [5, 5.41) is 0. The maximum atomic E-state index is 12.0. The molecule has 6 heteroatoms. The normalized spacial score (nSPS) is 19.2. The van der Waals surface area contributed by atoms with E-state index in [1.165, 1.54) is 0 Å². The van der Waals surface area contributed by atoms with Crippen LogP contribution in [0.1, 0.15) is 25.3 Å². The lowest BCUT2D eigenvalue weighted by molar-refractivity contribution is -0.128. The van der Waals surface area contributed by atoms with Crippen molar-refractivity contribution < 1.29 is 13.2 Å². The molecule has 1 aromatic rings. The van der Waals surface area contributed by atoms with Crippen molar-refractivity contribution in [1.82, 2.24) is 9.62 Å². The maximum Gasteiger partial charge on any atom is 0.223 e. The molecule has 0 aliphatic carbocycles. The molecule has 0 bridgehead atoms. The van der Waals surface area contributed by atoms with Crippen LogP contribution in [0.5, 0.6) is 0 Å². The Labute approximate surface area is 126 Å². The molecule has 1 amide bonds. The van der Waals surface area contributed by atoms with Crippen LogP contribution in [0.4, 0.5) is 0 Å². The van der Waals surface area contributed by atoms with E-state index in [0.29, 0.717) is 32.5 Å². The van der Waals surface area contributed by atoms with Gasteiger partial charge in [-0.15, -0.1) is 0 Å². The highest BCUT2D eigenvalue weighted by atomic mass is 32.2. The zero-order chi connectivity index (χ0) is 15.3. The van der Waals surface area contributed by atoms with Crippen LogP contribution in [0.3, 0.4) is 0 Å². The Hall–Kier alpha value is -1.40. The van der Waals surface area contributed by atoms with E-state index in [9.17, 15) is 13.2 Å². The minimum absolute atomic E-state index is 0.0628. The molecule has 1 aliphatic heterocycles. The minimum Gasteiger partial charge on any atom is -0.338 e. The SMILES string of the molecule is CCCS(=O)(=O)NC[C@@H]1CC(=O)N(Cc2ccccc2)C1. The van der Waals surface area contributed by atoms with Gasteiger partial charge in [0.15, 0.2) is 0 Å². The Kier molecular flexibility index (Phi) is 5.36. The molecule has 1 fully saturated rings. The number of carbonyl (C=O) groups excluding carboxylic acids is 1. The van der Waals surface area contributed by atoms with Gasteiger partial charge in [0.05, 0.1) is 5.75 Å². The molecule has 0 saturated carbocycles. The van der Waals surface area contributed by atoms with Crippen LogP contribution in [0.2, 0.25) is 0 Å². The molecular weight excluding hydrogens is 288 g/mol. The molecule has 1 aromatic carbocycles. The highest BCUT2D eigenvalue weighted by Crippen LogP contribution is 2.19. The fourth-order valence-electron chi connectivity index (χ4n) is 2.53. The monoisotopic (exact) mass is 310 g/mol. The molecule has 2 rings (SSSR count). The fraction of sp³-hybridized carbons (Fsp3) is 0.533. The van der Waals surface area contributed by atoms with Gasteiger partial charge in [-0.25, -0.2) is 13.1 Å². The third-order valence-electron chi connectivity index (χ3n) is 3.58. The summed E-state index contributed by atoms with van der Waals surface area (Å²) in [5.74, 6) is 0.299. The maximum absolute atomic E-state index is 12.0. The molecule has 1 heterocycles. The van der Waals surface area contributed by atoms with Gasteiger partial charge >= 0.3 is 0 Å². The summed E-state index contributed by atoms with van der Waals surface area (Å²) < 4.78 is 25.9. The Bertz CT molecular complexity index is 572. The smallest absolute Gasteiger partial charge is 0.223 e. The number of hydrogen-bond acceptors (Lipinski definition) is 3. The van der Waals surface area contributed by atoms with Gasteiger partial charge in [0, 0.05) is 26.1 Å². The first-order chi connectivity index (χ1) is 10.00. The highest BCUT2D eigenvalue weighted by molar-refractivity contribution is 7.89. The average Bonchev–Trinajstić information content (AvgIpc) is 2.78. The van der Waals surface area contributed by atoms with Crippen molar-refractivity contribution in [2.45, 2.75) is 26.3 Å². The molecular formula is C15H22N2O3S. The largest absolute Gasteiger partial charge is 0.338 e. The second kappa shape index (κ2) is 7.04. The van der Waals surface area contributed by atoms with Gasteiger partial charge in [-0.2, -0.15) is 0 Å². The molecule has 5 nitrogen and oxygen atoms in total. The first-order valence-corrected chi connectivity index (χ1v) is 8.94. The van der Waals surface area contributed by atoms with Crippen LogP contribution in [-0.4, -0.2) is 38.1 Å². The number of sulfonamides is 1. The van der Waals surface area contributed by atoms with E-state index in [1.54, 1.807) is 4.90 Å². The van der Waals surface area contributed by atoms with E-state index >= 15 is 0 Å². The van der Waals surface area contributed by atoms with Crippen LogP contribution in [0.25, 0.3) is 0 Å². The van der Waals surface area contributed by atoms with E-state index in [-0.39, 0.29) is 17.6 Å². The zero-order valence-electron chi connectivity index (χ0n) is 12.3. The molecule has 1 N–H and O–H groups in total.